The van der Waals surface area contributed by atoms with Crippen LogP contribution in [0.3, 0.4) is 0 Å². The van der Waals surface area contributed by atoms with Gasteiger partial charge in [0, 0.05) is 28.3 Å². The van der Waals surface area contributed by atoms with Gasteiger partial charge in [0.1, 0.15) is 11.4 Å². The molecule has 2 heterocycles. The molecule has 8 heteroatoms. The maximum atomic E-state index is 15.3. The summed E-state index contributed by atoms with van der Waals surface area (Å²) in [5.41, 5.74) is 1.68. The van der Waals surface area contributed by atoms with E-state index in [0.717, 1.165) is 19.3 Å². The highest BCUT2D eigenvalue weighted by Crippen LogP contribution is 2.58. The number of likely N-dealkylation sites (tertiary alicyclic amines) is 1. The summed E-state index contributed by atoms with van der Waals surface area (Å²) in [5.74, 6) is -2.48. The van der Waals surface area contributed by atoms with Crippen molar-refractivity contribution in [1.29, 1.82) is 0 Å². The van der Waals surface area contributed by atoms with Crippen LogP contribution in [0.4, 0.5) is 13.6 Å². The second-order valence-corrected chi connectivity index (χ2v) is 11.5. The molecule has 1 saturated heterocycles. The summed E-state index contributed by atoms with van der Waals surface area (Å²) in [7, 11) is 0. The topological polar surface area (TPSA) is 58.2 Å². The van der Waals surface area contributed by atoms with Crippen LogP contribution in [-0.2, 0) is 10.7 Å². The number of aromatic amines is 1. The Labute approximate surface area is 207 Å². The van der Waals surface area contributed by atoms with E-state index in [1.54, 1.807) is 29.3 Å². The predicted octanol–water partition coefficient (Wildman–Crippen LogP) is 7.31. The van der Waals surface area contributed by atoms with Gasteiger partial charge in [-0.2, -0.15) is 8.78 Å². The highest BCUT2D eigenvalue weighted by Gasteiger charge is 2.55. The van der Waals surface area contributed by atoms with Crippen LogP contribution in [0.25, 0.3) is 22.4 Å². The molecule has 182 valence electrons. The number of aromatic nitrogens is 2. The van der Waals surface area contributed by atoms with Crippen LogP contribution in [-0.4, -0.2) is 33.1 Å². The van der Waals surface area contributed by atoms with Gasteiger partial charge in [-0.15, -0.1) is 0 Å². The minimum absolute atomic E-state index is 0.0448. The number of halogens is 3. The average Bonchev–Trinajstić information content (AvgIpc) is 3.12. The largest absolute Gasteiger partial charge is 0.444 e. The molecule has 3 aromatic rings. The van der Waals surface area contributed by atoms with Crippen LogP contribution in [0.15, 0.2) is 42.6 Å². The Kier molecular flexibility index (Phi) is 4.69. The molecular weight excluding hydrogens is 472 g/mol. The maximum absolute atomic E-state index is 15.3. The smallest absolute Gasteiger partial charge is 0.410 e. The van der Waals surface area contributed by atoms with Crippen molar-refractivity contribution in [1.82, 2.24) is 14.9 Å². The van der Waals surface area contributed by atoms with Gasteiger partial charge in [0.25, 0.3) is 5.92 Å². The first-order valence-corrected chi connectivity index (χ1v) is 12.2. The van der Waals surface area contributed by atoms with Gasteiger partial charge in [-0.3, -0.25) is 4.90 Å². The van der Waals surface area contributed by atoms with Gasteiger partial charge in [0.05, 0.1) is 17.9 Å². The number of benzene rings is 2. The molecule has 1 N–H and O–H groups in total. The van der Waals surface area contributed by atoms with Crippen LogP contribution in [0, 0.1) is 5.41 Å². The number of ether oxygens (including phenoxy) is 1. The first-order valence-electron chi connectivity index (χ1n) is 11.8. The summed E-state index contributed by atoms with van der Waals surface area (Å²) in [6.45, 7) is 6.20. The van der Waals surface area contributed by atoms with Crippen LogP contribution in [0.5, 0.6) is 0 Å². The lowest BCUT2D eigenvalue weighted by Crippen LogP contribution is -2.37. The number of fused-ring (bicyclic) bond motifs is 3. The van der Waals surface area contributed by atoms with Gasteiger partial charge >= 0.3 is 6.09 Å². The molecule has 1 amide bonds. The van der Waals surface area contributed by atoms with E-state index in [1.165, 1.54) is 12.1 Å². The second kappa shape index (κ2) is 7.29. The minimum atomic E-state index is -3.13. The van der Waals surface area contributed by atoms with E-state index in [1.807, 2.05) is 26.8 Å². The number of amides is 1. The summed E-state index contributed by atoms with van der Waals surface area (Å²) < 4.78 is 36.2. The molecule has 1 aliphatic heterocycles. The third-order valence-corrected chi connectivity index (χ3v) is 7.52. The third kappa shape index (κ3) is 3.71. The fourth-order valence-electron chi connectivity index (χ4n) is 5.37. The Morgan fingerprint density at radius 3 is 2.51 bits per heavy atom. The quantitative estimate of drug-likeness (QED) is 0.403. The van der Waals surface area contributed by atoms with E-state index in [-0.39, 0.29) is 33.7 Å². The first-order chi connectivity index (χ1) is 16.5. The molecule has 2 fully saturated rings. The summed E-state index contributed by atoms with van der Waals surface area (Å²) in [6.07, 6.45) is 4.29. The van der Waals surface area contributed by atoms with E-state index in [2.05, 4.69) is 9.97 Å². The van der Waals surface area contributed by atoms with Crippen molar-refractivity contribution in [2.45, 2.75) is 57.6 Å². The molecule has 5 nitrogen and oxygen atoms in total. The van der Waals surface area contributed by atoms with E-state index in [0.29, 0.717) is 34.8 Å². The number of hydrogen-bond donors (Lipinski definition) is 1. The van der Waals surface area contributed by atoms with Crippen LogP contribution in [0.1, 0.15) is 63.0 Å². The molecule has 1 aromatic heterocycles. The first kappa shape index (κ1) is 22.5. The molecule has 0 unspecified atom stereocenters. The fourth-order valence-corrected chi connectivity index (χ4v) is 5.54. The van der Waals surface area contributed by atoms with Crippen molar-refractivity contribution in [3.63, 3.8) is 0 Å². The van der Waals surface area contributed by atoms with Gasteiger partial charge in [0.2, 0.25) is 0 Å². The van der Waals surface area contributed by atoms with Crippen molar-refractivity contribution in [2.75, 3.05) is 6.54 Å². The number of alkyl halides is 2. The van der Waals surface area contributed by atoms with E-state index >= 15 is 8.78 Å². The Bertz CT molecular complexity index is 1360. The Morgan fingerprint density at radius 1 is 1.14 bits per heavy atom. The van der Waals surface area contributed by atoms with Crippen LogP contribution in [0.2, 0.25) is 5.02 Å². The number of rotatable bonds is 2. The normalized spacial score (nSPS) is 21.2. The van der Waals surface area contributed by atoms with E-state index < -0.39 is 11.5 Å². The zero-order valence-electron chi connectivity index (χ0n) is 19.8. The number of carbonyl (C=O) groups is 1. The third-order valence-electron chi connectivity index (χ3n) is 7.28. The van der Waals surface area contributed by atoms with Crippen LogP contribution < -0.4 is 0 Å². The molecule has 0 radical (unpaired) electrons. The molecule has 2 aromatic carbocycles. The number of nitrogens with one attached hydrogen (secondary N) is 1. The minimum Gasteiger partial charge on any atom is -0.444 e. The van der Waals surface area contributed by atoms with E-state index in [9.17, 15) is 4.79 Å². The van der Waals surface area contributed by atoms with Gasteiger partial charge < -0.3 is 9.72 Å². The van der Waals surface area contributed by atoms with Crippen molar-refractivity contribution in [3.8, 4) is 22.4 Å². The molecule has 3 aliphatic rings. The zero-order valence-corrected chi connectivity index (χ0v) is 20.5. The van der Waals surface area contributed by atoms with Crippen molar-refractivity contribution in [3.05, 3.63) is 64.6 Å². The number of carbonyl (C=O) groups excluding carboxylic acids is 1. The summed E-state index contributed by atoms with van der Waals surface area (Å²) >= 11 is 6.00. The number of nitrogens with zero attached hydrogens (tertiary/aromatic N) is 2. The Hall–Kier alpha value is -2.93. The fraction of sp³-hybridized carbons (Fsp3) is 0.407. The Morgan fingerprint density at radius 2 is 1.83 bits per heavy atom. The van der Waals surface area contributed by atoms with Gasteiger partial charge in [0.15, 0.2) is 0 Å². The highest BCUT2D eigenvalue weighted by atomic mass is 35.5. The predicted molar refractivity (Wildman–Crippen MR) is 129 cm³/mol. The monoisotopic (exact) mass is 497 g/mol. The van der Waals surface area contributed by atoms with Crippen LogP contribution >= 0.6 is 11.6 Å². The molecular formula is C27H26ClF2N3O2. The zero-order chi connectivity index (χ0) is 24.8. The molecule has 6 rings (SSSR count). The van der Waals surface area contributed by atoms with Crippen molar-refractivity contribution >= 4 is 17.7 Å². The lowest BCUT2D eigenvalue weighted by molar-refractivity contribution is 0.0212. The molecule has 1 spiro atoms. The molecule has 1 saturated carbocycles. The summed E-state index contributed by atoms with van der Waals surface area (Å²) in [5, 5.41) is 0.286. The molecule has 0 bridgehead atoms. The number of hydrogen-bond acceptors (Lipinski definition) is 3. The van der Waals surface area contributed by atoms with Crippen molar-refractivity contribution < 1.29 is 18.3 Å². The second-order valence-electron chi connectivity index (χ2n) is 11.0. The molecule has 35 heavy (non-hydrogen) atoms. The highest BCUT2D eigenvalue weighted by molar-refractivity contribution is 6.30. The van der Waals surface area contributed by atoms with Gasteiger partial charge in [-0.05, 0) is 74.8 Å². The molecule has 1 atom stereocenters. The maximum Gasteiger partial charge on any atom is 0.410 e. The lowest BCUT2D eigenvalue weighted by Gasteiger charge is -2.27. The Balaban J connectivity index is 1.32. The SMILES string of the molecule is CC(C)(C)OC(=O)N1CC2(CC2)C[C@H]1c1ncc(-c2ccc3c(c2)C(F)(F)c2cc(Cl)ccc2-3)[nH]1. The standard InChI is InChI=1S/C27H26ClF2N3O2/c1-25(2,3)35-24(34)33-14-26(8-9-26)12-22(33)23-31-13-21(32-23)15-4-6-17-18-7-5-16(28)11-20(18)27(29,30)19(17)10-15/h4-7,10-11,13,22H,8-9,12,14H2,1-3H3,(H,31,32)/t22-/m0/s1. The number of H-pyrrole nitrogens is 1. The summed E-state index contributed by atoms with van der Waals surface area (Å²) in [4.78, 5) is 22.6. The van der Waals surface area contributed by atoms with E-state index in [4.69, 9.17) is 16.3 Å². The number of imidazole rings is 1. The lowest BCUT2D eigenvalue weighted by atomic mass is 10.0. The van der Waals surface area contributed by atoms with Gasteiger partial charge in [-0.1, -0.05) is 29.8 Å². The van der Waals surface area contributed by atoms with Gasteiger partial charge in [-0.25, -0.2) is 9.78 Å². The summed E-state index contributed by atoms with van der Waals surface area (Å²) in [6, 6.07) is 9.44. The van der Waals surface area contributed by atoms with Crippen molar-refractivity contribution in [2.24, 2.45) is 5.41 Å². The average molecular weight is 498 g/mol. The molecule has 2 aliphatic carbocycles.